The number of aromatic nitrogens is 2. The first-order chi connectivity index (χ1) is 14.2. The molecule has 0 amide bonds. The third-order valence-corrected chi connectivity index (χ3v) is 5.92. The van der Waals surface area contributed by atoms with Gasteiger partial charge in [0.25, 0.3) is 0 Å². The Morgan fingerprint density at radius 1 is 1.00 bits per heavy atom. The molecule has 2 aromatic carbocycles. The number of piperidine rings is 1. The van der Waals surface area contributed by atoms with Crippen LogP contribution < -0.4 is 0 Å². The number of carbonyl (C=O) groups is 1. The molecular weight excluding hydrogens is 358 g/mol. The fraction of sp³-hybridized carbons (Fsp3) is 0.360. The average Bonchev–Trinajstić information content (AvgIpc) is 3.16. The van der Waals surface area contributed by atoms with Crippen LogP contribution in [0.4, 0.5) is 0 Å². The number of likely N-dealkylation sites (tertiary alicyclic amines) is 1. The number of carbonyl (C=O) groups excluding carboxylic acids is 1. The van der Waals surface area contributed by atoms with Crippen molar-refractivity contribution in [3.63, 3.8) is 0 Å². The minimum Gasteiger partial charge on any atom is -0.299 e. The second-order valence-corrected chi connectivity index (χ2v) is 8.17. The highest BCUT2D eigenvalue weighted by Gasteiger charge is 2.21. The predicted molar refractivity (Wildman–Crippen MR) is 116 cm³/mol. The first-order valence-electron chi connectivity index (χ1n) is 10.5. The second kappa shape index (κ2) is 9.19. The van der Waals surface area contributed by atoms with Crippen molar-refractivity contribution >= 4 is 5.78 Å². The van der Waals surface area contributed by atoms with E-state index in [1.165, 1.54) is 5.56 Å². The molecule has 1 aromatic heterocycles. The number of aryl methyl sites for hydroxylation is 1. The van der Waals surface area contributed by atoms with Gasteiger partial charge in [0.2, 0.25) is 0 Å². The van der Waals surface area contributed by atoms with Crippen LogP contribution in [-0.2, 0) is 24.8 Å². The van der Waals surface area contributed by atoms with Crippen LogP contribution >= 0.6 is 0 Å². The van der Waals surface area contributed by atoms with Gasteiger partial charge >= 0.3 is 0 Å². The van der Waals surface area contributed by atoms with Gasteiger partial charge < -0.3 is 0 Å². The highest BCUT2D eigenvalue weighted by Crippen LogP contribution is 2.24. The zero-order chi connectivity index (χ0) is 20.1. The van der Waals surface area contributed by atoms with Gasteiger partial charge in [0.1, 0.15) is 5.78 Å². The lowest BCUT2D eigenvalue weighted by molar-refractivity contribution is -0.119. The Balaban J connectivity index is 1.27. The van der Waals surface area contributed by atoms with Crippen molar-refractivity contribution in [3.05, 3.63) is 78.0 Å². The van der Waals surface area contributed by atoms with Crippen LogP contribution in [0.15, 0.2) is 66.9 Å². The van der Waals surface area contributed by atoms with Crippen molar-refractivity contribution in [1.29, 1.82) is 0 Å². The lowest BCUT2D eigenvalue weighted by atomic mass is 9.89. The molecule has 4 heteroatoms. The molecule has 0 atom stereocenters. The van der Waals surface area contributed by atoms with E-state index in [-0.39, 0.29) is 0 Å². The number of ketones is 1. The van der Waals surface area contributed by atoms with Crippen LogP contribution in [0.1, 0.15) is 30.4 Å². The van der Waals surface area contributed by atoms with E-state index in [2.05, 4.69) is 58.5 Å². The van der Waals surface area contributed by atoms with E-state index in [4.69, 9.17) is 0 Å². The van der Waals surface area contributed by atoms with Crippen LogP contribution in [0.3, 0.4) is 0 Å². The van der Waals surface area contributed by atoms with Gasteiger partial charge in [-0.05, 0) is 55.1 Å². The van der Waals surface area contributed by atoms with E-state index in [9.17, 15) is 4.79 Å². The highest BCUT2D eigenvalue weighted by molar-refractivity contribution is 5.81. The van der Waals surface area contributed by atoms with Crippen molar-refractivity contribution in [2.24, 2.45) is 13.0 Å². The van der Waals surface area contributed by atoms with Gasteiger partial charge in [0.05, 0.1) is 5.69 Å². The summed E-state index contributed by atoms with van der Waals surface area (Å²) in [5.74, 6) is 0.878. The molecule has 29 heavy (non-hydrogen) atoms. The molecule has 0 unspecified atom stereocenters. The molecule has 0 saturated carbocycles. The van der Waals surface area contributed by atoms with Crippen molar-refractivity contribution < 1.29 is 4.79 Å². The largest absolute Gasteiger partial charge is 0.299 e. The third kappa shape index (κ3) is 5.21. The van der Waals surface area contributed by atoms with Gasteiger partial charge in [-0.25, -0.2) is 0 Å². The smallest absolute Gasteiger partial charge is 0.137 e. The minimum absolute atomic E-state index is 0.355. The summed E-state index contributed by atoms with van der Waals surface area (Å²) in [4.78, 5) is 15.2. The van der Waals surface area contributed by atoms with Gasteiger partial charge in [-0.15, -0.1) is 0 Å². The van der Waals surface area contributed by atoms with Gasteiger partial charge in [0, 0.05) is 38.2 Å². The second-order valence-electron chi connectivity index (χ2n) is 8.17. The maximum Gasteiger partial charge on any atom is 0.137 e. The summed E-state index contributed by atoms with van der Waals surface area (Å²) in [6.45, 7) is 3.19. The number of hydrogen-bond donors (Lipinski definition) is 0. The molecular formula is C25H29N3O. The number of benzene rings is 2. The van der Waals surface area contributed by atoms with E-state index in [0.717, 1.165) is 49.3 Å². The van der Waals surface area contributed by atoms with Gasteiger partial charge in [0.15, 0.2) is 0 Å². The van der Waals surface area contributed by atoms with Gasteiger partial charge in [-0.2, -0.15) is 5.10 Å². The standard InChI is InChI=1S/C25H29N3O/c1-27-25(10-13-26-27)23-9-5-8-22(16-23)18-24(29)17-20-11-14-28(15-12-20)19-21-6-3-2-4-7-21/h2-10,13,16,20H,11-12,14-15,17-19H2,1H3. The van der Waals surface area contributed by atoms with Crippen LogP contribution in [0.25, 0.3) is 11.3 Å². The van der Waals surface area contributed by atoms with Crippen LogP contribution in [0, 0.1) is 5.92 Å². The van der Waals surface area contributed by atoms with Crippen molar-refractivity contribution in [1.82, 2.24) is 14.7 Å². The minimum atomic E-state index is 0.355. The summed E-state index contributed by atoms with van der Waals surface area (Å²) in [6, 6.07) is 20.9. The van der Waals surface area contributed by atoms with Crippen LogP contribution in [-0.4, -0.2) is 33.6 Å². The highest BCUT2D eigenvalue weighted by atomic mass is 16.1. The van der Waals surface area contributed by atoms with E-state index in [0.29, 0.717) is 24.5 Å². The van der Waals surface area contributed by atoms with Crippen LogP contribution in [0.5, 0.6) is 0 Å². The van der Waals surface area contributed by atoms with E-state index >= 15 is 0 Å². The fourth-order valence-corrected chi connectivity index (χ4v) is 4.31. The summed E-state index contributed by atoms with van der Waals surface area (Å²) in [7, 11) is 1.94. The molecule has 0 radical (unpaired) electrons. The molecule has 1 saturated heterocycles. The maximum absolute atomic E-state index is 12.7. The zero-order valence-electron chi connectivity index (χ0n) is 17.1. The molecule has 0 spiro atoms. The van der Waals surface area contributed by atoms with Crippen molar-refractivity contribution in [2.75, 3.05) is 13.1 Å². The molecule has 1 fully saturated rings. The fourth-order valence-electron chi connectivity index (χ4n) is 4.31. The first kappa shape index (κ1) is 19.6. The van der Waals surface area contributed by atoms with E-state index in [1.807, 2.05) is 23.9 Å². The van der Waals surface area contributed by atoms with Crippen molar-refractivity contribution in [2.45, 2.75) is 32.2 Å². The van der Waals surface area contributed by atoms with E-state index < -0.39 is 0 Å². The molecule has 2 heterocycles. The molecule has 0 N–H and O–H groups in total. The topological polar surface area (TPSA) is 38.1 Å². The normalized spacial score (nSPS) is 15.5. The molecule has 0 bridgehead atoms. The quantitative estimate of drug-likeness (QED) is 0.599. The maximum atomic E-state index is 12.7. The number of nitrogens with zero attached hydrogens (tertiary/aromatic N) is 3. The Kier molecular flexibility index (Phi) is 6.20. The number of Topliss-reactive ketones (excluding diaryl/α,β-unsaturated/α-hetero) is 1. The Labute approximate surface area is 173 Å². The molecule has 4 rings (SSSR count). The summed E-state index contributed by atoms with van der Waals surface area (Å²) in [5, 5.41) is 4.24. The summed E-state index contributed by atoms with van der Waals surface area (Å²) >= 11 is 0. The number of hydrogen-bond acceptors (Lipinski definition) is 3. The molecule has 1 aliphatic heterocycles. The Morgan fingerprint density at radius 3 is 2.48 bits per heavy atom. The molecule has 3 aromatic rings. The van der Waals surface area contributed by atoms with Gasteiger partial charge in [-0.1, -0.05) is 48.5 Å². The third-order valence-electron chi connectivity index (χ3n) is 5.92. The summed E-state index contributed by atoms with van der Waals surface area (Å²) < 4.78 is 1.87. The average molecular weight is 388 g/mol. The van der Waals surface area contributed by atoms with Crippen molar-refractivity contribution in [3.8, 4) is 11.3 Å². The summed E-state index contributed by atoms with van der Waals surface area (Å²) in [6.07, 6.45) is 5.27. The summed E-state index contributed by atoms with van der Waals surface area (Å²) in [5.41, 5.74) is 4.65. The molecule has 150 valence electrons. The SMILES string of the molecule is Cn1nccc1-c1cccc(CC(=O)CC2CCN(Cc3ccccc3)CC2)c1. The van der Waals surface area contributed by atoms with E-state index in [1.54, 1.807) is 6.20 Å². The van der Waals surface area contributed by atoms with Crippen LogP contribution in [0.2, 0.25) is 0 Å². The van der Waals surface area contributed by atoms with Gasteiger partial charge in [-0.3, -0.25) is 14.4 Å². The predicted octanol–water partition coefficient (Wildman–Crippen LogP) is 4.50. The Morgan fingerprint density at radius 2 is 1.76 bits per heavy atom. The molecule has 0 aliphatic carbocycles. The first-order valence-corrected chi connectivity index (χ1v) is 10.5. The zero-order valence-corrected chi connectivity index (χ0v) is 17.1. The molecule has 1 aliphatic rings. The Hall–Kier alpha value is -2.72. The lowest BCUT2D eigenvalue weighted by Crippen LogP contribution is -2.34. The number of rotatable bonds is 7. The molecule has 4 nitrogen and oxygen atoms in total. The Bertz CT molecular complexity index is 939. The monoisotopic (exact) mass is 387 g/mol. The lowest BCUT2D eigenvalue weighted by Gasteiger charge is -2.31.